The number of urea groups is 1. The molecule has 0 fully saturated rings. The van der Waals surface area contributed by atoms with Gasteiger partial charge in [0, 0.05) is 18.1 Å². The lowest BCUT2D eigenvalue weighted by atomic mass is 9.96. The number of carboxylic acids is 1. The summed E-state index contributed by atoms with van der Waals surface area (Å²) in [6.45, 7) is 11.9. The van der Waals surface area contributed by atoms with Crippen LogP contribution in [-0.4, -0.2) is 30.2 Å². The Balaban J connectivity index is 2.08. The number of hydrogen-bond donors (Lipinski definition) is 3. The lowest BCUT2D eigenvalue weighted by Gasteiger charge is -2.31. The predicted molar refractivity (Wildman–Crippen MR) is 150 cm³/mol. The number of aromatic carboxylic acids is 1. The molecule has 0 aliphatic rings. The number of benzene rings is 3. The number of aryl methyl sites for hydroxylation is 1. The highest BCUT2D eigenvalue weighted by Crippen LogP contribution is 2.35. The normalized spacial score (nSPS) is 11.1. The van der Waals surface area contributed by atoms with Crippen LogP contribution in [0.2, 0.25) is 5.02 Å². The monoisotopic (exact) mass is 525 g/mol. The molecular weight excluding hydrogens is 493 g/mol. The number of halogens is 2. The molecule has 196 valence electrons. The minimum atomic E-state index is -1.04. The fourth-order valence-corrected chi connectivity index (χ4v) is 4.34. The minimum absolute atomic E-state index is 0.00679. The molecule has 37 heavy (non-hydrogen) atoms. The summed E-state index contributed by atoms with van der Waals surface area (Å²) in [5.41, 5.74) is 3.55. The lowest BCUT2D eigenvalue weighted by molar-refractivity contribution is 0.0697. The van der Waals surface area contributed by atoms with Crippen molar-refractivity contribution in [3.05, 3.63) is 76.6 Å². The molecule has 2 amide bonds. The van der Waals surface area contributed by atoms with E-state index >= 15 is 0 Å². The Morgan fingerprint density at radius 1 is 0.919 bits per heavy atom. The van der Waals surface area contributed by atoms with Crippen LogP contribution >= 0.6 is 11.6 Å². The zero-order chi connectivity index (χ0) is 27.3. The van der Waals surface area contributed by atoms with Crippen molar-refractivity contribution in [3.8, 4) is 11.1 Å². The van der Waals surface area contributed by atoms with E-state index in [2.05, 4.69) is 43.2 Å². The third-order valence-corrected chi connectivity index (χ3v) is 5.89. The van der Waals surface area contributed by atoms with Gasteiger partial charge < -0.3 is 20.6 Å². The van der Waals surface area contributed by atoms with E-state index in [1.165, 1.54) is 12.1 Å². The van der Waals surface area contributed by atoms with Gasteiger partial charge in [-0.05, 0) is 66.3 Å². The van der Waals surface area contributed by atoms with Gasteiger partial charge in [0.05, 0.1) is 22.6 Å². The van der Waals surface area contributed by atoms with Crippen LogP contribution in [-0.2, 0) is 0 Å². The van der Waals surface area contributed by atoms with Gasteiger partial charge in [0.1, 0.15) is 5.82 Å². The van der Waals surface area contributed by atoms with Crippen LogP contribution in [0.5, 0.6) is 0 Å². The van der Waals surface area contributed by atoms with Gasteiger partial charge in [-0.2, -0.15) is 0 Å². The van der Waals surface area contributed by atoms with E-state index in [9.17, 15) is 19.1 Å². The summed E-state index contributed by atoms with van der Waals surface area (Å²) in [4.78, 5) is 27.1. The van der Waals surface area contributed by atoms with Crippen molar-refractivity contribution in [2.24, 2.45) is 11.8 Å². The Labute approximate surface area is 222 Å². The second kappa shape index (κ2) is 12.1. The van der Waals surface area contributed by atoms with E-state index in [4.69, 9.17) is 11.6 Å². The summed E-state index contributed by atoms with van der Waals surface area (Å²) < 4.78 is 14.3. The molecule has 0 aliphatic heterocycles. The zero-order valence-electron chi connectivity index (χ0n) is 21.7. The number of anilines is 3. The fourth-order valence-electron chi connectivity index (χ4n) is 4.18. The molecular formula is C29H33ClFN3O3. The summed E-state index contributed by atoms with van der Waals surface area (Å²) in [6, 6.07) is 14.0. The van der Waals surface area contributed by atoms with E-state index in [1.807, 2.05) is 25.1 Å². The molecule has 3 N–H and O–H groups in total. The average Bonchev–Trinajstić information content (AvgIpc) is 2.79. The van der Waals surface area contributed by atoms with Crippen molar-refractivity contribution in [2.75, 3.05) is 28.6 Å². The summed E-state index contributed by atoms with van der Waals surface area (Å²) in [7, 11) is 0. The number of carbonyl (C=O) groups excluding carboxylic acids is 1. The molecule has 0 bridgehead atoms. The summed E-state index contributed by atoms with van der Waals surface area (Å²) in [5.74, 6) is -0.966. The molecule has 6 nitrogen and oxygen atoms in total. The summed E-state index contributed by atoms with van der Waals surface area (Å²) >= 11 is 5.83. The van der Waals surface area contributed by atoms with Crippen LogP contribution in [0, 0.1) is 24.6 Å². The first-order chi connectivity index (χ1) is 17.4. The van der Waals surface area contributed by atoms with Crippen LogP contribution in [0.3, 0.4) is 0 Å². The third kappa shape index (κ3) is 7.46. The number of amides is 2. The van der Waals surface area contributed by atoms with Crippen molar-refractivity contribution in [2.45, 2.75) is 34.6 Å². The van der Waals surface area contributed by atoms with Gasteiger partial charge in [0.15, 0.2) is 0 Å². The molecule has 0 aliphatic carbocycles. The Morgan fingerprint density at radius 3 is 2.16 bits per heavy atom. The quantitative estimate of drug-likeness (QED) is 0.265. The Hall–Kier alpha value is -3.58. The molecule has 0 aromatic heterocycles. The van der Waals surface area contributed by atoms with Crippen molar-refractivity contribution in [1.82, 2.24) is 0 Å². The summed E-state index contributed by atoms with van der Waals surface area (Å²) in [5, 5.41) is 15.4. The first-order valence-corrected chi connectivity index (χ1v) is 12.6. The first-order valence-electron chi connectivity index (χ1n) is 12.2. The van der Waals surface area contributed by atoms with Gasteiger partial charge in [-0.1, -0.05) is 63.1 Å². The van der Waals surface area contributed by atoms with Gasteiger partial charge in [-0.3, -0.25) is 0 Å². The van der Waals surface area contributed by atoms with Crippen molar-refractivity contribution in [1.29, 1.82) is 0 Å². The largest absolute Gasteiger partial charge is 0.478 e. The lowest BCUT2D eigenvalue weighted by Crippen LogP contribution is -2.32. The summed E-state index contributed by atoms with van der Waals surface area (Å²) in [6.07, 6.45) is 0. The second-order valence-corrected chi connectivity index (χ2v) is 10.4. The highest BCUT2D eigenvalue weighted by molar-refractivity contribution is 6.30. The second-order valence-electron chi connectivity index (χ2n) is 9.98. The molecule has 3 rings (SSSR count). The van der Waals surface area contributed by atoms with Crippen LogP contribution in [0.15, 0.2) is 54.6 Å². The van der Waals surface area contributed by atoms with Gasteiger partial charge in [-0.25, -0.2) is 14.0 Å². The number of hydrogen-bond acceptors (Lipinski definition) is 3. The molecule has 0 saturated carbocycles. The molecule has 0 heterocycles. The highest BCUT2D eigenvalue weighted by atomic mass is 35.5. The molecule has 0 saturated heterocycles. The fraction of sp³-hybridized carbons (Fsp3) is 0.310. The standard InChI is InChI=1S/C29H33ClFN3O3/c1-17(2)15-34(16-18(3)4)27-11-7-20(23-12-19(5)6-9-22(23)28(35)36)13-26(27)33-29(37)32-25-10-8-21(30)14-24(25)31/h6-14,17-18H,15-16H2,1-5H3,(H,35,36)(H2,32,33,37). The molecule has 0 atom stereocenters. The number of carboxylic acid groups (broad SMARTS) is 1. The number of nitrogens with zero attached hydrogens (tertiary/aromatic N) is 1. The maximum atomic E-state index is 14.3. The molecule has 0 unspecified atom stereocenters. The van der Waals surface area contributed by atoms with Gasteiger partial charge in [0.2, 0.25) is 0 Å². The van der Waals surface area contributed by atoms with Crippen LogP contribution in [0.1, 0.15) is 43.6 Å². The Morgan fingerprint density at radius 2 is 1.57 bits per heavy atom. The third-order valence-electron chi connectivity index (χ3n) is 5.65. The number of carbonyl (C=O) groups is 2. The van der Waals surface area contributed by atoms with Gasteiger partial charge >= 0.3 is 12.0 Å². The molecule has 3 aromatic carbocycles. The van der Waals surface area contributed by atoms with Crippen molar-refractivity contribution >= 4 is 40.7 Å². The van der Waals surface area contributed by atoms with E-state index in [-0.39, 0.29) is 16.3 Å². The van der Waals surface area contributed by atoms with Crippen LogP contribution in [0.4, 0.5) is 26.2 Å². The van der Waals surface area contributed by atoms with E-state index in [0.717, 1.165) is 30.4 Å². The molecule has 0 spiro atoms. The molecule has 0 radical (unpaired) electrons. The number of nitrogens with one attached hydrogen (secondary N) is 2. The van der Waals surface area contributed by atoms with Crippen molar-refractivity contribution in [3.63, 3.8) is 0 Å². The van der Waals surface area contributed by atoms with E-state index < -0.39 is 17.8 Å². The van der Waals surface area contributed by atoms with E-state index in [0.29, 0.717) is 28.7 Å². The van der Waals surface area contributed by atoms with E-state index in [1.54, 1.807) is 18.2 Å². The zero-order valence-corrected chi connectivity index (χ0v) is 22.5. The molecule has 8 heteroatoms. The average molecular weight is 526 g/mol. The minimum Gasteiger partial charge on any atom is -0.478 e. The Kier molecular flexibility index (Phi) is 9.16. The number of rotatable bonds is 9. The Bertz CT molecular complexity index is 1280. The maximum Gasteiger partial charge on any atom is 0.336 e. The van der Waals surface area contributed by atoms with Crippen LogP contribution < -0.4 is 15.5 Å². The maximum absolute atomic E-state index is 14.3. The van der Waals surface area contributed by atoms with Gasteiger partial charge in [0.25, 0.3) is 0 Å². The van der Waals surface area contributed by atoms with Gasteiger partial charge in [-0.15, -0.1) is 0 Å². The van der Waals surface area contributed by atoms with Crippen molar-refractivity contribution < 1.29 is 19.1 Å². The topological polar surface area (TPSA) is 81.7 Å². The highest BCUT2D eigenvalue weighted by Gasteiger charge is 2.19. The molecule has 3 aromatic rings. The van der Waals surface area contributed by atoms with Crippen LogP contribution in [0.25, 0.3) is 11.1 Å². The SMILES string of the molecule is Cc1ccc(C(=O)O)c(-c2ccc(N(CC(C)C)CC(C)C)c(NC(=O)Nc3ccc(Cl)cc3F)c2)c1. The smallest absolute Gasteiger partial charge is 0.336 e. The first kappa shape index (κ1) is 28.0. The predicted octanol–water partition coefficient (Wildman–Crippen LogP) is 7.92.